The van der Waals surface area contributed by atoms with Crippen molar-refractivity contribution < 1.29 is 19.1 Å². The molecule has 7 nitrogen and oxygen atoms in total. The lowest BCUT2D eigenvalue weighted by Crippen LogP contribution is -2.56. The third-order valence-corrected chi connectivity index (χ3v) is 7.83. The van der Waals surface area contributed by atoms with Crippen LogP contribution in [0.25, 0.3) is 11.6 Å². The minimum atomic E-state index is -1.71. The van der Waals surface area contributed by atoms with E-state index in [1.54, 1.807) is 18.6 Å². The summed E-state index contributed by atoms with van der Waals surface area (Å²) in [4.78, 5) is 34.1. The molecule has 0 aliphatic heterocycles. The zero-order valence-corrected chi connectivity index (χ0v) is 22.6. The molecule has 0 saturated heterocycles. The van der Waals surface area contributed by atoms with Crippen LogP contribution in [0.15, 0.2) is 70.8 Å². The van der Waals surface area contributed by atoms with Gasteiger partial charge >= 0.3 is 5.97 Å². The molecule has 2 N–H and O–H groups in total. The van der Waals surface area contributed by atoms with Crippen LogP contribution in [0.2, 0.25) is 0 Å². The van der Waals surface area contributed by atoms with Crippen LogP contribution in [-0.4, -0.2) is 39.1 Å². The Morgan fingerprint density at radius 3 is 2.74 bits per heavy atom. The van der Waals surface area contributed by atoms with Gasteiger partial charge in [-0.25, -0.2) is 14.6 Å². The van der Waals surface area contributed by atoms with Gasteiger partial charge < -0.3 is 9.52 Å². The Hall–Kier alpha value is -3.54. The number of aromatic nitrogens is 2. The summed E-state index contributed by atoms with van der Waals surface area (Å²) < 4.78 is 5.58. The molecule has 0 bridgehead atoms. The molecule has 1 unspecified atom stereocenters. The van der Waals surface area contributed by atoms with Crippen molar-refractivity contribution in [2.75, 3.05) is 6.54 Å². The van der Waals surface area contributed by atoms with Gasteiger partial charge in [0.2, 0.25) is 5.89 Å². The number of carbonyl (C=O) groups is 1. The molecular weight excluding hydrogens is 490 g/mol. The van der Waals surface area contributed by atoms with Gasteiger partial charge in [0.15, 0.2) is 5.54 Å². The molecule has 0 aromatic carbocycles. The molecule has 1 atom stereocenters. The number of rotatable bonds is 14. The van der Waals surface area contributed by atoms with E-state index < -0.39 is 11.5 Å². The largest absolute Gasteiger partial charge is 0.479 e. The Balaban J connectivity index is 1.55. The van der Waals surface area contributed by atoms with Crippen LogP contribution in [0.5, 0.6) is 0 Å². The Bertz CT molecular complexity index is 1200. The van der Waals surface area contributed by atoms with Crippen LogP contribution in [0.3, 0.4) is 0 Å². The minimum Gasteiger partial charge on any atom is -0.479 e. The molecule has 1 saturated carbocycles. The molecule has 2 heterocycles. The van der Waals surface area contributed by atoms with Crippen LogP contribution in [-0.2, 0) is 9.59 Å². The fourth-order valence-electron chi connectivity index (χ4n) is 5.82. The third kappa shape index (κ3) is 7.31. The van der Waals surface area contributed by atoms with Gasteiger partial charge in [-0.2, -0.15) is 0 Å². The number of carboxylic acid groups (broad SMARTS) is 1. The maximum atomic E-state index is 13.2. The summed E-state index contributed by atoms with van der Waals surface area (Å²) in [5.41, 5.74) is 0.519. The monoisotopic (exact) mass is 529 g/mol. The Labute approximate surface area is 230 Å². The first-order valence-electron chi connectivity index (χ1n) is 14.3. The lowest BCUT2D eigenvalue weighted by atomic mass is 9.74. The van der Waals surface area contributed by atoms with Crippen molar-refractivity contribution in [3.8, 4) is 0 Å². The topological polar surface area (TPSA) is 105 Å². The van der Waals surface area contributed by atoms with Crippen LogP contribution >= 0.6 is 0 Å². The summed E-state index contributed by atoms with van der Waals surface area (Å²) >= 11 is 0. The molecule has 1 fully saturated rings. The molecule has 2 aromatic rings. The molecule has 4 rings (SSSR count). The van der Waals surface area contributed by atoms with Gasteiger partial charge in [-0.3, -0.25) is 10.3 Å². The zero-order valence-electron chi connectivity index (χ0n) is 22.6. The van der Waals surface area contributed by atoms with E-state index in [-0.39, 0.29) is 12.0 Å². The van der Waals surface area contributed by atoms with Crippen LogP contribution in [0.4, 0.5) is 0 Å². The number of carbonyl (C=O) groups excluding carboxylic acids is 1. The fourth-order valence-corrected chi connectivity index (χ4v) is 5.82. The van der Waals surface area contributed by atoms with E-state index in [1.165, 1.54) is 44.8 Å². The average Bonchev–Trinajstić information content (AvgIpc) is 3.52. The van der Waals surface area contributed by atoms with Gasteiger partial charge in [-0.15, -0.1) is 0 Å². The predicted octanol–water partition coefficient (Wildman–Crippen LogP) is 6.59. The Morgan fingerprint density at radius 1 is 1.18 bits per heavy atom. The number of allylic oxidation sites excluding steroid dienone is 3. The summed E-state index contributed by atoms with van der Waals surface area (Å²) in [5.74, 6) is 2.05. The van der Waals surface area contributed by atoms with Gasteiger partial charge in [0.1, 0.15) is 12.2 Å². The van der Waals surface area contributed by atoms with Gasteiger partial charge in [0, 0.05) is 23.5 Å². The highest BCUT2D eigenvalue weighted by Gasteiger charge is 2.48. The van der Waals surface area contributed by atoms with E-state index in [0.717, 1.165) is 30.7 Å². The number of unbranched alkanes of at least 4 members (excludes halogenated alkanes) is 1. The second kappa shape index (κ2) is 14.6. The van der Waals surface area contributed by atoms with Crippen LogP contribution < -0.4 is 5.32 Å². The van der Waals surface area contributed by atoms with Gasteiger partial charge in [0.05, 0.1) is 6.20 Å². The van der Waals surface area contributed by atoms with Gasteiger partial charge in [0.25, 0.3) is 0 Å². The molecular formula is C32H39N3O4. The van der Waals surface area contributed by atoms with Crippen molar-refractivity contribution in [2.24, 2.45) is 5.92 Å². The Kier molecular flexibility index (Phi) is 10.6. The highest BCUT2D eigenvalue weighted by atomic mass is 16.4. The number of hydrogen-bond acceptors (Lipinski definition) is 6. The first-order valence-corrected chi connectivity index (χ1v) is 14.3. The van der Waals surface area contributed by atoms with E-state index in [0.29, 0.717) is 36.4 Å². The van der Waals surface area contributed by atoms with E-state index in [1.807, 2.05) is 42.4 Å². The number of oxazole rings is 1. The number of nitrogens with one attached hydrogen (secondary N) is 1. The highest BCUT2D eigenvalue weighted by molar-refractivity contribution is 5.98. The second-order valence-electron chi connectivity index (χ2n) is 10.4. The number of hydrogen-bond donors (Lipinski definition) is 2. The van der Waals surface area contributed by atoms with E-state index >= 15 is 0 Å². The summed E-state index contributed by atoms with van der Waals surface area (Å²) in [5, 5.41) is 14.1. The van der Waals surface area contributed by atoms with E-state index in [9.17, 15) is 14.7 Å². The van der Waals surface area contributed by atoms with Crippen molar-refractivity contribution in [2.45, 2.75) is 82.6 Å². The summed E-state index contributed by atoms with van der Waals surface area (Å²) in [7, 11) is 0. The highest BCUT2D eigenvalue weighted by Crippen LogP contribution is 2.40. The molecule has 0 amide bonds. The molecule has 0 spiro atoms. The lowest BCUT2D eigenvalue weighted by Gasteiger charge is -2.36. The predicted molar refractivity (Wildman–Crippen MR) is 152 cm³/mol. The smallest absolute Gasteiger partial charge is 0.333 e. The maximum absolute atomic E-state index is 13.2. The maximum Gasteiger partial charge on any atom is 0.333 e. The molecule has 2 aliphatic rings. The minimum absolute atomic E-state index is 0.170. The molecule has 206 valence electrons. The molecule has 7 heteroatoms. The molecule has 39 heavy (non-hydrogen) atoms. The van der Waals surface area contributed by atoms with Gasteiger partial charge in [-0.1, -0.05) is 75.3 Å². The first kappa shape index (κ1) is 28.5. The second-order valence-corrected chi connectivity index (χ2v) is 10.4. The van der Waals surface area contributed by atoms with Crippen molar-refractivity contribution >= 4 is 23.6 Å². The third-order valence-electron chi connectivity index (χ3n) is 7.83. The summed E-state index contributed by atoms with van der Waals surface area (Å²) in [6.45, 7) is 0.478. The van der Waals surface area contributed by atoms with Crippen molar-refractivity contribution in [1.29, 1.82) is 0 Å². The van der Waals surface area contributed by atoms with Gasteiger partial charge in [-0.05, 0) is 61.8 Å². The summed E-state index contributed by atoms with van der Waals surface area (Å²) in [6, 6.07) is 3.80. The zero-order chi connectivity index (χ0) is 27.3. The average molecular weight is 530 g/mol. The summed E-state index contributed by atoms with van der Waals surface area (Å²) in [6.07, 6.45) is 26.0. The number of nitrogens with zero attached hydrogens (tertiary/aromatic N) is 2. The number of carboxylic acids is 1. The van der Waals surface area contributed by atoms with Crippen LogP contribution in [0.1, 0.15) is 88.5 Å². The SMILES string of the molecule is O=C=C(CCC=Cc1cccnc1)C(NCCCCC1CCCCC1)(C(=O)O)C1=CCCC=C1c1ncco1. The lowest BCUT2D eigenvalue weighted by molar-refractivity contribution is -0.141. The van der Waals surface area contributed by atoms with Crippen molar-refractivity contribution in [3.05, 3.63) is 77.8 Å². The molecule has 2 aliphatic carbocycles. The first-order chi connectivity index (χ1) is 19.1. The quantitative estimate of drug-likeness (QED) is 0.210. The van der Waals surface area contributed by atoms with Crippen LogP contribution in [0, 0.1) is 5.92 Å². The standard InChI is InChI=1S/C32H39N3O4/c36-24-27(16-5-4-14-26-15-10-19-33-23-26)32(31(37)38,35-20-9-8-13-25-11-2-1-3-12-25)29-18-7-6-17-28(29)30-34-21-22-39-30/h4,10,14-15,17-19,21-23,25,35H,1-3,5-9,11-13,16,20H2,(H,37,38). The van der Waals surface area contributed by atoms with E-state index in [2.05, 4.69) is 15.3 Å². The Morgan fingerprint density at radius 2 is 2.03 bits per heavy atom. The molecule has 0 radical (unpaired) electrons. The number of aliphatic carboxylic acids is 1. The number of pyridine rings is 1. The van der Waals surface area contributed by atoms with E-state index in [4.69, 9.17) is 4.42 Å². The fraction of sp³-hybridized carbons (Fsp3) is 0.469. The normalized spacial score (nSPS) is 17.7. The molecule has 2 aromatic heterocycles. The van der Waals surface area contributed by atoms with Crippen molar-refractivity contribution in [1.82, 2.24) is 15.3 Å². The van der Waals surface area contributed by atoms with Crippen molar-refractivity contribution in [3.63, 3.8) is 0 Å².